The summed E-state index contributed by atoms with van der Waals surface area (Å²) < 4.78 is 7.63. The molecule has 0 bridgehead atoms. The van der Waals surface area contributed by atoms with Crippen molar-refractivity contribution in [2.45, 2.75) is 33.2 Å². The van der Waals surface area contributed by atoms with Gasteiger partial charge in [-0.25, -0.2) is 14.6 Å². The Hall–Kier alpha value is -2.86. The molecule has 2 aromatic carbocycles. The van der Waals surface area contributed by atoms with E-state index in [0.717, 1.165) is 51.8 Å². The van der Waals surface area contributed by atoms with Crippen LogP contribution in [0, 0.1) is 0 Å². The molecule has 2 N–H and O–H groups in total. The van der Waals surface area contributed by atoms with Crippen molar-refractivity contribution in [1.82, 2.24) is 19.7 Å². The van der Waals surface area contributed by atoms with Crippen LogP contribution in [0.25, 0.3) is 33.1 Å². The fourth-order valence-electron chi connectivity index (χ4n) is 3.24. The molecule has 0 saturated heterocycles. The molecule has 7 heteroatoms. The lowest BCUT2D eigenvalue weighted by Gasteiger charge is -2.07. The van der Waals surface area contributed by atoms with Crippen LogP contribution in [0.4, 0.5) is 5.82 Å². The number of benzene rings is 2. The zero-order valence-corrected chi connectivity index (χ0v) is 17.0. The molecule has 28 heavy (non-hydrogen) atoms. The number of hydrogen-bond acceptors (Lipinski definition) is 5. The van der Waals surface area contributed by atoms with Crippen molar-refractivity contribution in [2.75, 3.05) is 12.3 Å². The Labute approximate surface area is 170 Å². The van der Waals surface area contributed by atoms with Crippen molar-refractivity contribution in [1.29, 1.82) is 0 Å². The van der Waals surface area contributed by atoms with E-state index in [2.05, 4.69) is 61.1 Å². The maximum absolute atomic E-state index is 6.17. The third-order valence-electron chi connectivity index (χ3n) is 4.57. The number of fused-ring (bicyclic) bond motifs is 2. The van der Waals surface area contributed by atoms with E-state index in [1.807, 2.05) is 10.7 Å². The number of aromatic nitrogens is 4. The molecule has 146 valence electrons. The molecule has 0 radical (unpaired) electrons. The Morgan fingerprint density at radius 1 is 1.07 bits per heavy atom. The van der Waals surface area contributed by atoms with E-state index in [1.165, 1.54) is 6.33 Å². The maximum atomic E-state index is 6.17. The van der Waals surface area contributed by atoms with Gasteiger partial charge in [0.2, 0.25) is 0 Å². The Kier molecular flexibility index (Phi) is 5.70. The minimum Gasteiger partial charge on any atom is -0.494 e. The Balaban J connectivity index is 0.00000225. The van der Waals surface area contributed by atoms with Crippen LogP contribution in [0.3, 0.4) is 0 Å². The Morgan fingerprint density at radius 2 is 1.82 bits per heavy atom. The van der Waals surface area contributed by atoms with Crippen LogP contribution >= 0.6 is 12.4 Å². The predicted octanol–water partition coefficient (Wildman–Crippen LogP) is 5.02. The summed E-state index contributed by atoms with van der Waals surface area (Å²) in [5, 5.41) is 7.85. The van der Waals surface area contributed by atoms with Gasteiger partial charge in [-0.1, -0.05) is 25.1 Å². The number of nitrogens with two attached hydrogens (primary N) is 1. The molecule has 4 aromatic rings. The summed E-state index contributed by atoms with van der Waals surface area (Å²) in [6.45, 7) is 6.98. The summed E-state index contributed by atoms with van der Waals surface area (Å²) in [6, 6.07) is 12.6. The topological polar surface area (TPSA) is 78.8 Å². The second kappa shape index (κ2) is 8.02. The van der Waals surface area contributed by atoms with Gasteiger partial charge < -0.3 is 10.5 Å². The molecule has 0 aliphatic rings. The second-order valence-electron chi connectivity index (χ2n) is 6.92. The highest BCUT2D eigenvalue weighted by molar-refractivity contribution is 6.00. The SMILES string of the molecule is CCCOc1ccc2cc(-c3nn(C(C)C)c4ncnc(N)c34)ccc2c1.Cl. The molecule has 0 atom stereocenters. The fraction of sp³-hybridized carbons (Fsp3) is 0.286. The lowest BCUT2D eigenvalue weighted by atomic mass is 10.0. The van der Waals surface area contributed by atoms with Crippen LogP contribution in [0.2, 0.25) is 0 Å². The van der Waals surface area contributed by atoms with E-state index >= 15 is 0 Å². The monoisotopic (exact) mass is 397 g/mol. The summed E-state index contributed by atoms with van der Waals surface area (Å²) in [5.41, 5.74) is 8.73. The zero-order chi connectivity index (χ0) is 19.0. The van der Waals surface area contributed by atoms with Gasteiger partial charge in [0, 0.05) is 11.6 Å². The summed E-state index contributed by atoms with van der Waals surface area (Å²) in [6.07, 6.45) is 2.48. The smallest absolute Gasteiger partial charge is 0.164 e. The van der Waals surface area contributed by atoms with E-state index in [0.29, 0.717) is 5.82 Å². The number of nitrogens with zero attached hydrogens (tertiary/aromatic N) is 4. The summed E-state index contributed by atoms with van der Waals surface area (Å²) in [5.74, 6) is 1.34. The molecule has 4 rings (SSSR count). The van der Waals surface area contributed by atoms with Gasteiger partial charge in [0.05, 0.1) is 12.0 Å². The van der Waals surface area contributed by atoms with Crippen molar-refractivity contribution in [3.05, 3.63) is 42.7 Å². The summed E-state index contributed by atoms with van der Waals surface area (Å²) >= 11 is 0. The lowest BCUT2D eigenvalue weighted by molar-refractivity contribution is 0.318. The van der Waals surface area contributed by atoms with Gasteiger partial charge in [-0.2, -0.15) is 5.10 Å². The van der Waals surface area contributed by atoms with Gasteiger partial charge in [0.25, 0.3) is 0 Å². The standard InChI is InChI=1S/C21H23N5O.ClH/c1-4-9-27-17-8-7-14-10-16(6-5-15(14)11-17)19-18-20(22)23-12-24-21(18)26(25-19)13(2)3;/h5-8,10-13H,4,9H2,1-3H3,(H2,22,23,24);1H. The molecule has 6 nitrogen and oxygen atoms in total. The van der Waals surface area contributed by atoms with Crippen LogP contribution in [-0.4, -0.2) is 26.4 Å². The van der Waals surface area contributed by atoms with Gasteiger partial charge in [-0.3, -0.25) is 0 Å². The number of halogens is 1. The van der Waals surface area contributed by atoms with Crippen molar-refractivity contribution in [2.24, 2.45) is 0 Å². The molecule has 0 unspecified atom stereocenters. The number of anilines is 1. The van der Waals surface area contributed by atoms with E-state index < -0.39 is 0 Å². The average molecular weight is 398 g/mol. The van der Waals surface area contributed by atoms with Crippen LogP contribution in [0.1, 0.15) is 33.2 Å². The molecule has 0 aliphatic carbocycles. The van der Waals surface area contributed by atoms with E-state index in [1.54, 1.807) is 0 Å². The first-order valence-electron chi connectivity index (χ1n) is 9.24. The molecular weight excluding hydrogens is 374 g/mol. The van der Waals surface area contributed by atoms with Gasteiger partial charge in [-0.05, 0) is 49.2 Å². The van der Waals surface area contributed by atoms with Gasteiger partial charge in [-0.15, -0.1) is 12.4 Å². The highest BCUT2D eigenvalue weighted by Gasteiger charge is 2.18. The number of hydrogen-bond donors (Lipinski definition) is 1. The van der Waals surface area contributed by atoms with Crippen LogP contribution in [-0.2, 0) is 0 Å². The third kappa shape index (κ3) is 3.47. The lowest BCUT2D eigenvalue weighted by Crippen LogP contribution is -2.04. The molecule has 0 amide bonds. The van der Waals surface area contributed by atoms with Crippen LogP contribution in [0.5, 0.6) is 5.75 Å². The minimum absolute atomic E-state index is 0. The van der Waals surface area contributed by atoms with Gasteiger partial charge in [0.15, 0.2) is 5.65 Å². The van der Waals surface area contributed by atoms with E-state index in [-0.39, 0.29) is 18.4 Å². The Morgan fingerprint density at radius 3 is 2.57 bits per heavy atom. The molecule has 0 saturated carbocycles. The fourth-order valence-corrected chi connectivity index (χ4v) is 3.24. The normalized spacial score (nSPS) is 11.1. The minimum atomic E-state index is 0. The van der Waals surface area contributed by atoms with Gasteiger partial charge >= 0.3 is 0 Å². The van der Waals surface area contributed by atoms with E-state index in [9.17, 15) is 0 Å². The van der Waals surface area contributed by atoms with Crippen LogP contribution in [0.15, 0.2) is 42.7 Å². The van der Waals surface area contributed by atoms with Crippen molar-refractivity contribution in [3.63, 3.8) is 0 Å². The van der Waals surface area contributed by atoms with Crippen molar-refractivity contribution in [3.8, 4) is 17.0 Å². The number of ether oxygens (including phenoxy) is 1. The third-order valence-corrected chi connectivity index (χ3v) is 4.57. The molecule has 2 aromatic heterocycles. The number of nitrogen functional groups attached to an aromatic ring is 1. The summed E-state index contributed by atoms with van der Waals surface area (Å²) in [4.78, 5) is 8.57. The van der Waals surface area contributed by atoms with Crippen molar-refractivity contribution >= 4 is 40.0 Å². The second-order valence-corrected chi connectivity index (χ2v) is 6.92. The molecular formula is C21H24ClN5O. The quantitative estimate of drug-likeness (QED) is 0.511. The Bertz CT molecular complexity index is 1120. The predicted molar refractivity (Wildman–Crippen MR) is 116 cm³/mol. The molecule has 0 fully saturated rings. The largest absolute Gasteiger partial charge is 0.494 e. The maximum Gasteiger partial charge on any atom is 0.164 e. The first kappa shape index (κ1) is 19.9. The molecule has 0 aliphatic heterocycles. The number of rotatable bonds is 5. The highest BCUT2D eigenvalue weighted by atomic mass is 35.5. The van der Waals surface area contributed by atoms with Crippen molar-refractivity contribution < 1.29 is 4.74 Å². The molecule has 0 spiro atoms. The average Bonchev–Trinajstić information content (AvgIpc) is 3.07. The van der Waals surface area contributed by atoms with Crippen LogP contribution < -0.4 is 10.5 Å². The van der Waals surface area contributed by atoms with E-state index in [4.69, 9.17) is 15.6 Å². The summed E-state index contributed by atoms with van der Waals surface area (Å²) in [7, 11) is 0. The highest BCUT2D eigenvalue weighted by Crippen LogP contribution is 2.33. The first-order chi connectivity index (χ1) is 13.1. The zero-order valence-electron chi connectivity index (χ0n) is 16.2. The van der Waals surface area contributed by atoms with Gasteiger partial charge in [0.1, 0.15) is 23.6 Å². The first-order valence-corrected chi connectivity index (χ1v) is 9.24. The molecule has 2 heterocycles.